The number of carbonyl (C=O) groups is 1. The zero-order chi connectivity index (χ0) is 25.3. The minimum absolute atomic E-state index is 0.0919. The zero-order valence-corrected chi connectivity index (χ0v) is 21.0. The number of nitrogens with zero attached hydrogens (tertiary/aromatic N) is 1. The molecule has 2 aliphatic heterocycles. The number of aliphatic hydroxyl groups is 1. The molecule has 1 aliphatic carbocycles. The highest BCUT2D eigenvalue weighted by Gasteiger charge is 2.50. The molecule has 2 aromatic carbocycles. The number of likely N-dealkylation sites (tertiary alicyclic amines) is 1. The third-order valence-corrected chi connectivity index (χ3v) is 7.69. The molecule has 2 aromatic rings. The van der Waals surface area contributed by atoms with Crippen LogP contribution in [0.1, 0.15) is 49.3 Å². The Morgan fingerprint density at radius 1 is 1.03 bits per heavy atom. The van der Waals surface area contributed by atoms with Gasteiger partial charge in [-0.25, -0.2) is 0 Å². The maximum atomic E-state index is 13.6. The van der Waals surface area contributed by atoms with Crippen LogP contribution >= 0.6 is 0 Å². The van der Waals surface area contributed by atoms with E-state index in [1.165, 1.54) is 0 Å². The van der Waals surface area contributed by atoms with Crippen molar-refractivity contribution < 1.29 is 33.6 Å². The van der Waals surface area contributed by atoms with Crippen molar-refractivity contribution in [2.24, 2.45) is 5.92 Å². The van der Waals surface area contributed by atoms with Crippen LogP contribution in [0, 0.1) is 5.92 Å². The first kappa shape index (κ1) is 24.3. The van der Waals surface area contributed by atoms with Crippen LogP contribution in [0.4, 0.5) is 0 Å². The molecule has 3 aliphatic rings. The predicted molar refractivity (Wildman–Crippen MR) is 134 cm³/mol. The molecule has 2 fully saturated rings. The second-order valence-electron chi connectivity index (χ2n) is 9.59. The van der Waals surface area contributed by atoms with Gasteiger partial charge in [-0.3, -0.25) is 4.79 Å². The summed E-state index contributed by atoms with van der Waals surface area (Å²) in [5.41, 5.74) is 0.906. The Balaban J connectivity index is 1.50. The van der Waals surface area contributed by atoms with E-state index in [-0.39, 0.29) is 24.7 Å². The van der Waals surface area contributed by atoms with E-state index in [9.17, 15) is 9.90 Å². The minimum atomic E-state index is -0.804. The average Bonchev–Trinajstić information content (AvgIpc) is 3.37. The second kappa shape index (κ2) is 9.93. The van der Waals surface area contributed by atoms with E-state index in [2.05, 4.69) is 0 Å². The van der Waals surface area contributed by atoms with Crippen molar-refractivity contribution in [1.82, 2.24) is 4.90 Å². The van der Waals surface area contributed by atoms with Crippen molar-refractivity contribution in [2.45, 2.75) is 43.7 Å². The van der Waals surface area contributed by atoms with E-state index in [1.807, 2.05) is 35.2 Å². The normalized spacial score (nSPS) is 24.9. The number of amides is 1. The summed E-state index contributed by atoms with van der Waals surface area (Å²) in [5, 5.41) is 11.6. The molecular weight excluding hydrogens is 462 g/mol. The lowest BCUT2D eigenvalue weighted by Gasteiger charge is -2.52. The fourth-order valence-electron chi connectivity index (χ4n) is 5.89. The van der Waals surface area contributed by atoms with Crippen LogP contribution in [-0.2, 0) is 4.79 Å². The summed E-state index contributed by atoms with van der Waals surface area (Å²) in [6, 6.07) is 9.06. The first-order valence-electron chi connectivity index (χ1n) is 12.4. The number of fused-ring (bicyclic) bond motifs is 2. The smallest absolute Gasteiger partial charge is 0.247 e. The molecule has 1 saturated carbocycles. The number of carbonyl (C=O) groups excluding carboxylic acids is 1. The molecule has 0 spiro atoms. The van der Waals surface area contributed by atoms with E-state index >= 15 is 0 Å². The summed E-state index contributed by atoms with van der Waals surface area (Å²) < 4.78 is 27.5. The first-order chi connectivity index (χ1) is 17.5. The number of ether oxygens (including phenoxy) is 5. The van der Waals surface area contributed by atoms with Gasteiger partial charge in [0, 0.05) is 18.5 Å². The summed E-state index contributed by atoms with van der Waals surface area (Å²) in [7, 11) is 4.73. The van der Waals surface area contributed by atoms with Crippen molar-refractivity contribution in [3.05, 3.63) is 47.5 Å². The number of benzene rings is 2. The molecule has 3 unspecified atom stereocenters. The molecule has 2 heterocycles. The largest absolute Gasteiger partial charge is 0.493 e. The Labute approximate surface area is 211 Å². The van der Waals surface area contributed by atoms with Crippen LogP contribution in [0.2, 0.25) is 0 Å². The summed E-state index contributed by atoms with van der Waals surface area (Å²) in [6.45, 7) is 0.661. The third-order valence-electron chi connectivity index (χ3n) is 7.69. The van der Waals surface area contributed by atoms with Gasteiger partial charge in [0.25, 0.3) is 0 Å². The van der Waals surface area contributed by atoms with Crippen LogP contribution in [0.5, 0.6) is 28.7 Å². The summed E-state index contributed by atoms with van der Waals surface area (Å²) in [6.07, 6.45) is 7.53. The molecule has 8 heteroatoms. The molecule has 5 rings (SSSR count). The van der Waals surface area contributed by atoms with Crippen LogP contribution in [0.15, 0.2) is 36.4 Å². The molecule has 0 radical (unpaired) electrons. The van der Waals surface area contributed by atoms with Crippen LogP contribution in [-0.4, -0.2) is 56.2 Å². The minimum Gasteiger partial charge on any atom is -0.493 e. The summed E-state index contributed by atoms with van der Waals surface area (Å²) in [4.78, 5) is 15.5. The van der Waals surface area contributed by atoms with Crippen molar-refractivity contribution >= 4 is 12.0 Å². The fraction of sp³-hybridized carbons (Fsp3) is 0.464. The third kappa shape index (κ3) is 4.34. The Bertz CT molecular complexity index is 1140. The SMILES string of the molecule is COc1cc(C2C3CCCCC3(O)CCN2C(=O)C=Cc2ccc3c(c2)OCO3)cc(OC)c1OC. The van der Waals surface area contributed by atoms with E-state index in [0.717, 1.165) is 36.8 Å². The number of methoxy groups -OCH3 is 3. The van der Waals surface area contributed by atoms with Gasteiger partial charge in [0.2, 0.25) is 18.4 Å². The lowest BCUT2D eigenvalue weighted by molar-refractivity contribution is -0.151. The molecule has 1 saturated heterocycles. The van der Waals surface area contributed by atoms with Gasteiger partial charge in [-0.15, -0.1) is 0 Å². The Hall–Kier alpha value is -3.39. The Morgan fingerprint density at radius 3 is 2.50 bits per heavy atom. The predicted octanol–water partition coefficient (Wildman–Crippen LogP) is 4.35. The van der Waals surface area contributed by atoms with Gasteiger partial charge in [-0.2, -0.15) is 0 Å². The molecule has 0 aromatic heterocycles. The van der Waals surface area contributed by atoms with Crippen molar-refractivity contribution in [3.8, 4) is 28.7 Å². The lowest BCUT2D eigenvalue weighted by atomic mass is 9.66. The van der Waals surface area contributed by atoms with E-state index in [4.69, 9.17) is 23.7 Å². The molecule has 1 N–H and O–H groups in total. The van der Waals surface area contributed by atoms with Gasteiger partial charge >= 0.3 is 0 Å². The Kier molecular flexibility index (Phi) is 6.71. The average molecular weight is 496 g/mol. The molecular formula is C28H33NO7. The topological polar surface area (TPSA) is 86.7 Å². The molecule has 3 atom stereocenters. The Morgan fingerprint density at radius 2 is 1.78 bits per heavy atom. The number of piperidine rings is 1. The molecule has 192 valence electrons. The maximum Gasteiger partial charge on any atom is 0.247 e. The van der Waals surface area contributed by atoms with Gasteiger partial charge in [-0.1, -0.05) is 18.9 Å². The van der Waals surface area contributed by atoms with Gasteiger partial charge < -0.3 is 33.7 Å². The highest BCUT2D eigenvalue weighted by atomic mass is 16.7. The highest BCUT2D eigenvalue weighted by Crippen LogP contribution is 2.51. The lowest BCUT2D eigenvalue weighted by Crippen LogP contribution is -2.56. The molecule has 1 amide bonds. The van der Waals surface area contributed by atoms with Gasteiger partial charge in [0.15, 0.2) is 23.0 Å². The van der Waals surface area contributed by atoms with Crippen LogP contribution < -0.4 is 23.7 Å². The van der Waals surface area contributed by atoms with Crippen LogP contribution in [0.3, 0.4) is 0 Å². The number of hydrogen-bond acceptors (Lipinski definition) is 7. The van der Waals surface area contributed by atoms with Crippen LogP contribution in [0.25, 0.3) is 6.08 Å². The maximum absolute atomic E-state index is 13.6. The zero-order valence-electron chi connectivity index (χ0n) is 21.0. The van der Waals surface area contributed by atoms with E-state index in [0.29, 0.717) is 41.7 Å². The van der Waals surface area contributed by atoms with E-state index < -0.39 is 5.60 Å². The van der Waals surface area contributed by atoms with Crippen molar-refractivity contribution in [1.29, 1.82) is 0 Å². The first-order valence-corrected chi connectivity index (χ1v) is 12.4. The summed E-state index contributed by atoms with van der Waals surface area (Å²) in [5.74, 6) is 2.72. The van der Waals surface area contributed by atoms with Gasteiger partial charge in [0.1, 0.15) is 0 Å². The second-order valence-corrected chi connectivity index (χ2v) is 9.59. The molecule has 36 heavy (non-hydrogen) atoms. The van der Waals surface area contributed by atoms with Gasteiger partial charge in [0.05, 0.1) is 33.0 Å². The number of rotatable bonds is 6. The summed E-state index contributed by atoms with van der Waals surface area (Å²) >= 11 is 0. The molecule has 0 bridgehead atoms. The standard InChI is InChI=1S/C28H33NO7/c1-32-23-15-19(16-24(33-2)27(23)34-3)26-20-6-4-5-11-28(20,31)12-13-29(26)25(30)10-8-18-7-9-21-22(14-18)36-17-35-21/h7-10,14-16,20,26,31H,4-6,11-13,17H2,1-3H3. The fourth-order valence-corrected chi connectivity index (χ4v) is 5.89. The quantitative estimate of drug-likeness (QED) is 0.597. The van der Waals surface area contributed by atoms with E-state index in [1.54, 1.807) is 33.5 Å². The molecule has 8 nitrogen and oxygen atoms in total. The van der Waals surface area contributed by atoms with Gasteiger partial charge in [-0.05, 0) is 60.7 Å². The van der Waals surface area contributed by atoms with Crippen molar-refractivity contribution in [2.75, 3.05) is 34.7 Å². The van der Waals surface area contributed by atoms with Crippen molar-refractivity contribution in [3.63, 3.8) is 0 Å². The highest BCUT2D eigenvalue weighted by molar-refractivity contribution is 5.92. The monoisotopic (exact) mass is 495 g/mol. The number of hydrogen-bond donors (Lipinski definition) is 1.